The van der Waals surface area contributed by atoms with Gasteiger partial charge in [-0.3, -0.25) is 9.48 Å². The highest BCUT2D eigenvalue weighted by atomic mass is 16.5. The fourth-order valence-corrected chi connectivity index (χ4v) is 2.11. The minimum absolute atomic E-state index is 0.0893. The molecule has 0 saturated heterocycles. The molecule has 1 amide bonds. The Morgan fingerprint density at radius 2 is 2.13 bits per heavy atom. The predicted octanol–water partition coefficient (Wildman–Crippen LogP) is 1.76. The molecule has 0 saturated carbocycles. The summed E-state index contributed by atoms with van der Waals surface area (Å²) in [5, 5.41) is 15.5. The van der Waals surface area contributed by atoms with E-state index >= 15 is 0 Å². The molecule has 7 nitrogen and oxygen atoms in total. The summed E-state index contributed by atoms with van der Waals surface area (Å²) >= 11 is 0. The maximum absolute atomic E-state index is 12.0. The summed E-state index contributed by atoms with van der Waals surface area (Å²) in [6.07, 6.45) is 2.67. The predicted molar refractivity (Wildman–Crippen MR) is 84.5 cm³/mol. The van der Waals surface area contributed by atoms with Crippen molar-refractivity contribution in [2.75, 3.05) is 11.9 Å². The fourth-order valence-electron chi connectivity index (χ4n) is 2.11. The van der Waals surface area contributed by atoms with E-state index in [-0.39, 0.29) is 5.91 Å². The molecule has 1 aromatic carbocycles. The number of aliphatic carboxylic acids is 1. The number of benzene rings is 1. The van der Waals surface area contributed by atoms with Crippen LogP contribution in [0.4, 0.5) is 5.69 Å². The summed E-state index contributed by atoms with van der Waals surface area (Å²) in [5.74, 6) is -0.665. The van der Waals surface area contributed by atoms with Gasteiger partial charge in [-0.2, -0.15) is 5.10 Å². The maximum atomic E-state index is 12.0. The van der Waals surface area contributed by atoms with E-state index in [9.17, 15) is 9.59 Å². The Hall–Kier alpha value is -2.83. The summed E-state index contributed by atoms with van der Waals surface area (Å²) in [4.78, 5) is 22.5. The number of aromatic nitrogens is 2. The number of carbonyl (C=O) groups is 2. The molecule has 0 aliphatic carbocycles. The van der Waals surface area contributed by atoms with Gasteiger partial charge in [-0.1, -0.05) is 0 Å². The third kappa shape index (κ3) is 4.84. The standard InChI is InChI=1S/C16H19N3O4/c1-11-9-13(23-10-16(21)22)4-5-14(11)18-15(20)6-3-12-7-8-17-19(12)2/h4-5,7-9H,3,6,10H2,1-2H3,(H,18,20)(H,21,22). The molecule has 1 aromatic heterocycles. The van der Waals surface area contributed by atoms with Gasteiger partial charge in [0.25, 0.3) is 0 Å². The van der Waals surface area contributed by atoms with Gasteiger partial charge in [-0.25, -0.2) is 4.79 Å². The molecule has 0 aliphatic rings. The average molecular weight is 317 g/mol. The van der Waals surface area contributed by atoms with Crippen molar-refractivity contribution < 1.29 is 19.4 Å². The molecule has 0 radical (unpaired) electrons. The number of nitrogens with zero attached hydrogens (tertiary/aromatic N) is 2. The van der Waals surface area contributed by atoms with E-state index in [1.54, 1.807) is 29.1 Å². The number of carboxylic acids is 1. The van der Waals surface area contributed by atoms with E-state index in [0.29, 0.717) is 24.3 Å². The highest BCUT2D eigenvalue weighted by Crippen LogP contribution is 2.21. The number of amides is 1. The molecule has 0 atom stereocenters. The topological polar surface area (TPSA) is 93.4 Å². The first-order chi connectivity index (χ1) is 11.0. The smallest absolute Gasteiger partial charge is 0.341 e. The number of carbonyl (C=O) groups excluding carboxylic acids is 1. The molecule has 0 bridgehead atoms. The normalized spacial score (nSPS) is 10.3. The van der Waals surface area contributed by atoms with Crippen molar-refractivity contribution >= 4 is 17.6 Å². The maximum Gasteiger partial charge on any atom is 0.341 e. The molecule has 0 unspecified atom stereocenters. The van der Waals surface area contributed by atoms with Gasteiger partial charge in [-0.05, 0) is 43.2 Å². The zero-order chi connectivity index (χ0) is 16.8. The van der Waals surface area contributed by atoms with Crippen molar-refractivity contribution in [3.8, 4) is 5.75 Å². The fraction of sp³-hybridized carbons (Fsp3) is 0.312. The third-order valence-electron chi connectivity index (χ3n) is 3.36. The minimum atomic E-state index is -1.03. The molecule has 2 aromatic rings. The van der Waals surface area contributed by atoms with Crippen LogP contribution < -0.4 is 10.1 Å². The van der Waals surface area contributed by atoms with E-state index in [0.717, 1.165) is 11.3 Å². The van der Waals surface area contributed by atoms with Gasteiger partial charge in [0.05, 0.1) is 0 Å². The van der Waals surface area contributed by atoms with Gasteiger partial charge in [0.2, 0.25) is 5.91 Å². The lowest BCUT2D eigenvalue weighted by atomic mass is 10.1. The Kier molecular flexibility index (Phi) is 5.35. The van der Waals surface area contributed by atoms with E-state index in [4.69, 9.17) is 9.84 Å². The second-order valence-electron chi connectivity index (χ2n) is 5.15. The van der Waals surface area contributed by atoms with Gasteiger partial charge in [0.15, 0.2) is 6.61 Å². The second-order valence-corrected chi connectivity index (χ2v) is 5.15. The van der Waals surface area contributed by atoms with Crippen LogP contribution in [0.2, 0.25) is 0 Å². The summed E-state index contributed by atoms with van der Waals surface area (Å²) in [6, 6.07) is 6.91. The monoisotopic (exact) mass is 317 g/mol. The lowest BCUT2D eigenvalue weighted by Gasteiger charge is -2.10. The van der Waals surface area contributed by atoms with E-state index in [1.165, 1.54) is 0 Å². The molecule has 0 spiro atoms. The Balaban J connectivity index is 1.90. The van der Waals surface area contributed by atoms with Crippen LogP contribution in [0, 0.1) is 6.92 Å². The average Bonchev–Trinajstić information content (AvgIpc) is 2.91. The van der Waals surface area contributed by atoms with Crippen LogP contribution in [0.5, 0.6) is 5.75 Å². The number of hydrogen-bond acceptors (Lipinski definition) is 4. The van der Waals surface area contributed by atoms with Crippen LogP contribution in [0.25, 0.3) is 0 Å². The first kappa shape index (κ1) is 16.5. The number of ether oxygens (including phenoxy) is 1. The molecular weight excluding hydrogens is 298 g/mol. The van der Waals surface area contributed by atoms with Gasteiger partial charge >= 0.3 is 5.97 Å². The number of aryl methyl sites for hydroxylation is 3. The van der Waals surface area contributed by atoms with E-state index in [1.807, 2.05) is 20.0 Å². The number of nitrogens with one attached hydrogen (secondary N) is 1. The molecule has 2 rings (SSSR count). The highest BCUT2D eigenvalue weighted by Gasteiger charge is 2.08. The molecule has 0 aliphatic heterocycles. The first-order valence-electron chi connectivity index (χ1n) is 7.17. The number of carboxylic acid groups (broad SMARTS) is 1. The third-order valence-corrected chi connectivity index (χ3v) is 3.36. The van der Waals surface area contributed by atoms with Crippen LogP contribution >= 0.6 is 0 Å². The Morgan fingerprint density at radius 3 is 2.74 bits per heavy atom. The van der Waals surface area contributed by atoms with Crippen LogP contribution in [0.15, 0.2) is 30.5 Å². The summed E-state index contributed by atoms with van der Waals surface area (Å²) in [5.41, 5.74) is 2.48. The van der Waals surface area contributed by atoms with E-state index in [2.05, 4.69) is 10.4 Å². The van der Waals surface area contributed by atoms with Crippen molar-refractivity contribution in [2.24, 2.45) is 7.05 Å². The molecule has 7 heteroatoms. The molecule has 2 N–H and O–H groups in total. The largest absolute Gasteiger partial charge is 0.482 e. The van der Waals surface area contributed by atoms with Crippen molar-refractivity contribution in [1.82, 2.24) is 9.78 Å². The molecule has 0 fully saturated rings. The summed E-state index contributed by atoms with van der Waals surface area (Å²) in [7, 11) is 1.84. The van der Waals surface area contributed by atoms with Gasteiger partial charge in [0, 0.05) is 31.0 Å². The number of anilines is 1. The van der Waals surface area contributed by atoms with Crippen molar-refractivity contribution in [2.45, 2.75) is 19.8 Å². The van der Waals surface area contributed by atoms with Crippen LogP contribution in [0.3, 0.4) is 0 Å². The zero-order valence-corrected chi connectivity index (χ0v) is 13.1. The molecule has 23 heavy (non-hydrogen) atoms. The second kappa shape index (κ2) is 7.44. The quantitative estimate of drug-likeness (QED) is 0.811. The number of rotatable bonds is 7. The number of hydrogen-bond donors (Lipinski definition) is 2. The summed E-state index contributed by atoms with van der Waals surface area (Å²) < 4.78 is 6.84. The van der Waals surface area contributed by atoms with Gasteiger partial charge in [0.1, 0.15) is 5.75 Å². The van der Waals surface area contributed by atoms with Crippen molar-refractivity contribution in [1.29, 1.82) is 0 Å². The van der Waals surface area contributed by atoms with Gasteiger partial charge < -0.3 is 15.2 Å². The Bertz CT molecular complexity index is 709. The Morgan fingerprint density at radius 1 is 1.35 bits per heavy atom. The zero-order valence-electron chi connectivity index (χ0n) is 13.1. The van der Waals surface area contributed by atoms with Crippen molar-refractivity contribution in [3.63, 3.8) is 0 Å². The van der Waals surface area contributed by atoms with Crippen LogP contribution in [0.1, 0.15) is 17.7 Å². The molecule has 122 valence electrons. The van der Waals surface area contributed by atoms with E-state index < -0.39 is 12.6 Å². The van der Waals surface area contributed by atoms with Crippen molar-refractivity contribution in [3.05, 3.63) is 41.7 Å². The highest BCUT2D eigenvalue weighted by molar-refractivity contribution is 5.91. The minimum Gasteiger partial charge on any atom is -0.482 e. The lowest BCUT2D eigenvalue weighted by Crippen LogP contribution is -2.14. The first-order valence-corrected chi connectivity index (χ1v) is 7.17. The molecule has 1 heterocycles. The lowest BCUT2D eigenvalue weighted by molar-refractivity contribution is -0.139. The SMILES string of the molecule is Cc1cc(OCC(=O)O)ccc1NC(=O)CCc1ccnn1C. The summed E-state index contributed by atoms with van der Waals surface area (Å²) in [6.45, 7) is 1.43. The van der Waals surface area contributed by atoms with Crippen LogP contribution in [-0.4, -0.2) is 33.4 Å². The Labute approximate surface area is 133 Å². The van der Waals surface area contributed by atoms with Gasteiger partial charge in [-0.15, -0.1) is 0 Å². The van der Waals surface area contributed by atoms with Crippen LogP contribution in [-0.2, 0) is 23.1 Å². The molecular formula is C16H19N3O4.